The Labute approximate surface area is 147 Å². The van der Waals surface area contributed by atoms with Crippen LogP contribution in [0, 0.1) is 5.41 Å². The van der Waals surface area contributed by atoms with Crippen LogP contribution in [-0.2, 0) is 9.63 Å². The molecule has 0 amide bonds. The zero-order chi connectivity index (χ0) is 17.8. The molecule has 8 nitrogen and oxygen atoms in total. The van der Waals surface area contributed by atoms with Gasteiger partial charge >= 0.3 is 5.97 Å². The van der Waals surface area contributed by atoms with Crippen molar-refractivity contribution in [1.29, 1.82) is 5.41 Å². The Morgan fingerprint density at radius 1 is 1.24 bits per heavy atom. The minimum absolute atomic E-state index is 0.0714. The van der Waals surface area contributed by atoms with Gasteiger partial charge in [-0.1, -0.05) is 24.3 Å². The lowest BCUT2D eigenvalue weighted by molar-refractivity contribution is -0.138. The van der Waals surface area contributed by atoms with Gasteiger partial charge in [-0.05, 0) is 12.0 Å². The van der Waals surface area contributed by atoms with Crippen LogP contribution in [0.4, 0.5) is 0 Å². The van der Waals surface area contributed by atoms with Gasteiger partial charge < -0.3 is 10.8 Å². The molecule has 2 aliphatic rings. The maximum absolute atomic E-state index is 10.8. The molecule has 0 aromatic heterocycles. The van der Waals surface area contributed by atoms with E-state index in [4.69, 9.17) is 21.1 Å². The van der Waals surface area contributed by atoms with Crippen molar-refractivity contribution in [2.75, 3.05) is 39.3 Å². The summed E-state index contributed by atoms with van der Waals surface area (Å²) in [6.07, 6.45) is 0.998. The number of nitrogens with two attached hydrogens (primary N) is 1. The topological polar surface area (TPSA) is 115 Å². The molecule has 0 radical (unpaired) electrons. The number of carboxylic acid groups (broad SMARTS) is 1. The zero-order valence-electron chi connectivity index (χ0n) is 14.1. The third kappa shape index (κ3) is 4.76. The second kappa shape index (κ2) is 7.92. The van der Waals surface area contributed by atoms with E-state index >= 15 is 0 Å². The number of hydrogen-bond donors (Lipinski definition) is 4. The number of amidine groups is 1. The van der Waals surface area contributed by atoms with Crippen LogP contribution in [0.5, 0.6) is 0 Å². The van der Waals surface area contributed by atoms with E-state index in [9.17, 15) is 4.79 Å². The smallest absolute Gasteiger partial charge is 0.317 e. The van der Waals surface area contributed by atoms with E-state index in [1.807, 2.05) is 29.2 Å². The molecular weight excluding hydrogens is 322 g/mol. The molecule has 5 N–H and O–H groups in total. The predicted molar refractivity (Wildman–Crippen MR) is 93.3 cm³/mol. The summed E-state index contributed by atoms with van der Waals surface area (Å²) >= 11 is 0. The van der Waals surface area contributed by atoms with Gasteiger partial charge in [0, 0.05) is 38.3 Å². The molecule has 8 heteroatoms. The summed E-state index contributed by atoms with van der Waals surface area (Å²) in [5.41, 5.74) is 10.4. The van der Waals surface area contributed by atoms with Crippen LogP contribution in [0.1, 0.15) is 23.6 Å². The number of hydrogen-bond acceptors (Lipinski definition) is 6. The van der Waals surface area contributed by atoms with Gasteiger partial charge in [-0.25, -0.2) is 0 Å². The number of nitrogens with zero attached hydrogens (tertiary/aromatic N) is 2. The molecule has 3 rings (SSSR count). The molecule has 1 aromatic carbocycles. The highest BCUT2D eigenvalue weighted by Gasteiger charge is 2.29. The summed E-state index contributed by atoms with van der Waals surface area (Å²) in [6.45, 7) is 4.25. The average Bonchev–Trinajstić information content (AvgIpc) is 3.05. The second-order valence-corrected chi connectivity index (χ2v) is 6.65. The number of aliphatic carboxylic acids is 1. The molecule has 136 valence electrons. The zero-order valence-corrected chi connectivity index (χ0v) is 14.1. The van der Waals surface area contributed by atoms with Gasteiger partial charge in [0.05, 0.1) is 18.7 Å². The van der Waals surface area contributed by atoms with E-state index in [0.717, 1.165) is 50.3 Å². The average molecular weight is 347 g/mol. The molecule has 2 fully saturated rings. The van der Waals surface area contributed by atoms with Gasteiger partial charge in [-0.3, -0.25) is 24.8 Å². The quantitative estimate of drug-likeness (QED) is 0.423. The minimum atomic E-state index is -0.768. The number of benzene rings is 1. The van der Waals surface area contributed by atoms with Gasteiger partial charge in [-0.2, -0.15) is 5.48 Å². The Morgan fingerprint density at radius 3 is 2.48 bits per heavy atom. The lowest BCUT2D eigenvalue weighted by atomic mass is 10.0. The summed E-state index contributed by atoms with van der Waals surface area (Å²) < 4.78 is 0. The number of nitrogens with one attached hydrogen (secondary N) is 2. The number of carbonyl (C=O) groups is 1. The minimum Gasteiger partial charge on any atom is -0.480 e. The van der Waals surface area contributed by atoms with Crippen molar-refractivity contribution in [2.24, 2.45) is 5.73 Å². The number of carboxylic acids is 1. The van der Waals surface area contributed by atoms with Crippen molar-refractivity contribution >= 4 is 11.8 Å². The van der Waals surface area contributed by atoms with E-state index < -0.39 is 5.97 Å². The summed E-state index contributed by atoms with van der Waals surface area (Å²) in [5, 5.41) is 16.3. The summed E-state index contributed by atoms with van der Waals surface area (Å²) in [7, 11) is 0. The molecule has 0 bridgehead atoms. The standard InChI is InChI=1S/C17H25N5O3/c18-17(19)13-3-1-12(2-4-13)15-9-14(25-20-15)10-21-5-7-22(8-6-21)11-16(23)24/h1-4,14-15,20H,5-11H2,(H3,18,19)(H,23,24)/t14-,15?/m0/s1. The summed E-state index contributed by atoms with van der Waals surface area (Å²) in [6, 6.07) is 7.80. The predicted octanol–water partition coefficient (Wildman–Crippen LogP) is 0.00747. The molecule has 2 heterocycles. The Balaban J connectivity index is 1.45. The van der Waals surface area contributed by atoms with Crippen LogP contribution < -0.4 is 11.2 Å². The van der Waals surface area contributed by atoms with E-state index in [0.29, 0.717) is 0 Å². The van der Waals surface area contributed by atoms with Crippen LogP contribution in [0.2, 0.25) is 0 Å². The highest BCUT2D eigenvalue weighted by atomic mass is 16.7. The number of nitrogen functional groups attached to an aromatic ring is 1. The number of hydroxylamine groups is 1. The fraction of sp³-hybridized carbons (Fsp3) is 0.529. The Hall–Kier alpha value is -2.00. The maximum atomic E-state index is 10.8. The van der Waals surface area contributed by atoms with Gasteiger partial charge in [0.15, 0.2) is 0 Å². The van der Waals surface area contributed by atoms with Gasteiger partial charge in [0.25, 0.3) is 0 Å². The van der Waals surface area contributed by atoms with E-state index in [2.05, 4.69) is 10.4 Å². The molecule has 1 unspecified atom stereocenters. The van der Waals surface area contributed by atoms with Crippen LogP contribution >= 0.6 is 0 Å². The van der Waals surface area contributed by atoms with Crippen molar-refractivity contribution in [3.05, 3.63) is 35.4 Å². The number of rotatable bonds is 6. The van der Waals surface area contributed by atoms with Crippen molar-refractivity contribution in [2.45, 2.75) is 18.6 Å². The first-order valence-corrected chi connectivity index (χ1v) is 8.53. The van der Waals surface area contributed by atoms with E-state index in [1.165, 1.54) is 0 Å². The Bertz CT molecular complexity index is 613. The number of piperazine rings is 1. The van der Waals surface area contributed by atoms with Gasteiger partial charge in [-0.15, -0.1) is 0 Å². The highest BCUT2D eigenvalue weighted by molar-refractivity contribution is 5.94. The SMILES string of the molecule is N=C(N)c1ccc(C2C[C@@H](CN3CCN(CC(=O)O)CC3)ON2)cc1. The molecule has 25 heavy (non-hydrogen) atoms. The Kier molecular flexibility index (Phi) is 5.64. The monoisotopic (exact) mass is 347 g/mol. The molecule has 0 saturated carbocycles. The highest BCUT2D eigenvalue weighted by Crippen LogP contribution is 2.26. The normalized spacial score (nSPS) is 25.1. The Morgan fingerprint density at radius 2 is 1.88 bits per heavy atom. The first kappa shape index (κ1) is 17.8. The largest absolute Gasteiger partial charge is 0.480 e. The van der Waals surface area contributed by atoms with Gasteiger partial charge in [0.1, 0.15) is 5.84 Å². The van der Waals surface area contributed by atoms with E-state index in [-0.39, 0.29) is 24.5 Å². The van der Waals surface area contributed by atoms with Crippen LogP contribution in [0.3, 0.4) is 0 Å². The van der Waals surface area contributed by atoms with E-state index in [1.54, 1.807) is 0 Å². The molecule has 0 spiro atoms. The summed E-state index contributed by atoms with van der Waals surface area (Å²) in [5.74, 6) is -0.697. The first-order chi connectivity index (χ1) is 12.0. The fourth-order valence-electron chi connectivity index (χ4n) is 3.36. The lowest BCUT2D eigenvalue weighted by Gasteiger charge is -2.34. The third-order valence-corrected chi connectivity index (χ3v) is 4.79. The summed E-state index contributed by atoms with van der Waals surface area (Å²) in [4.78, 5) is 20.8. The first-order valence-electron chi connectivity index (χ1n) is 8.53. The molecule has 1 aromatic rings. The third-order valence-electron chi connectivity index (χ3n) is 4.79. The molecule has 2 atom stereocenters. The molecule has 2 aliphatic heterocycles. The fourth-order valence-corrected chi connectivity index (χ4v) is 3.36. The molecule has 2 saturated heterocycles. The lowest BCUT2D eigenvalue weighted by Crippen LogP contribution is -2.49. The van der Waals surface area contributed by atoms with Crippen LogP contribution in [0.15, 0.2) is 24.3 Å². The second-order valence-electron chi connectivity index (χ2n) is 6.65. The van der Waals surface area contributed by atoms with Crippen molar-refractivity contribution in [1.82, 2.24) is 15.3 Å². The van der Waals surface area contributed by atoms with Crippen LogP contribution in [0.25, 0.3) is 0 Å². The van der Waals surface area contributed by atoms with Crippen molar-refractivity contribution < 1.29 is 14.7 Å². The molecular formula is C17H25N5O3. The maximum Gasteiger partial charge on any atom is 0.317 e. The van der Waals surface area contributed by atoms with Crippen LogP contribution in [-0.4, -0.2) is 72.1 Å². The van der Waals surface area contributed by atoms with Crippen molar-refractivity contribution in [3.63, 3.8) is 0 Å². The van der Waals surface area contributed by atoms with Gasteiger partial charge in [0.2, 0.25) is 0 Å². The van der Waals surface area contributed by atoms with Crippen molar-refractivity contribution in [3.8, 4) is 0 Å². The molecule has 0 aliphatic carbocycles.